The first kappa shape index (κ1) is 17.9. The van der Waals surface area contributed by atoms with Gasteiger partial charge in [0.1, 0.15) is 0 Å². The minimum absolute atomic E-state index is 0.0319. The second-order valence-corrected chi connectivity index (χ2v) is 7.68. The van der Waals surface area contributed by atoms with Crippen LogP contribution in [-0.2, 0) is 0 Å². The van der Waals surface area contributed by atoms with Crippen LogP contribution in [0.25, 0.3) is 0 Å². The molecule has 3 rings (SSSR count). The van der Waals surface area contributed by atoms with Crippen molar-refractivity contribution in [2.45, 2.75) is 70.9 Å². The summed E-state index contributed by atoms with van der Waals surface area (Å²) in [5.74, 6) is 1.33. The molecule has 5 nitrogen and oxygen atoms in total. The van der Waals surface area contributed by atoms with Crippen LogP contribution in [0.15, 0.2) is 24.3 Å². The van der Waals surface area contributed by atoms with E-state index in [1.54, 1.807) is 12.1 Å². The highest BCUT2D eigenvalue weighted by Crippen LogP contribution is 2.42. The molecule has 1 saturated carbocycles. The minimum Gasteiger partial charge on any atom is -0.332 e. The van der Waals surface area contributed by atoms with Gasteiger partial charge in [-0.1, -0.05) is 33.1 Å². The maximum Gasteiger partial charge on any atom is 0.269 e. The molecule has 0 spiro atoms. The van der Waals surface area contributed by atoms with Crippen LogP contribution in [-0.4, -0.2) is 27.8 Å². The van der Waals surface area contributed by atoms with Crippen molar-refractivity contribution in [2.24, 2.45) is 11.8 Å². The van der Waals surface area contributed by atoms with Crippen LogP contribution < -0.4 is 0 Å². The van der Waals surface area contributed by atoms with Crippen molar-refractivity contribution in [1.82, 2.24) is 4.90 Å². The van der Waals surface area contributed by atoms with Crippen LogP contribution >= 0.6 is 0 Å². The van der Waals surface area contributed by atoms with Crippen LogP contribution in [0.1, 0.15) is 69.2 Å². The highest BCUT2D eigenvalue weighted by molar-refractivity contribution is 5.95. The number of carbonyl (C=O) groups is 1. The molecule has 2 aliphatic rings. The zero-order chi connectivity index (χ0) is 18.0. The van der Waals surface area contributed by atoms with Gasteiger partial charge in [0.2, 0.25) is 0 Å². The number of nitro groups is 1. The SMILES string of the molecule is CCC[C@@H]1CC[C@H]2[C@H](C)CCC[C@@H]2N1C(=O)c1ccc([N+](=O)[O-])cc1. The van der Waals surface area contributed by atoms with E-state index in [1.807, 2.05) is 0 Å². The number of likely N-dealkylation sites (tertiary alicyclic amines) is 1. The third kappa shape index (κ3) is 3.55. The van der Waals surface area contributed by atoms with Gasteiger partial charge in [-0.2, -0.15) is 0 Å². The summed E-state index contributed by atoms with van der Waals surface area (Å²) in [6.45, 7) is 4.50. The molecule has 0 aromatic heterocycles. The minimum atomic E-state index is -0.423. The molecule has 0 bridgehead atoms. The lowest BCUT2D eigenvalue weighted by Crippen LogP contribution is -2.56. The fraction of sp³-hybridized carbons (Fsp3) is 0.650. The lowest BCUT2D eigenvalue weighted by molar-refractivity contribution is -0.384. The van der Waals surface area contributed by atoms with E-state index in [0.717, 1.165) is 25.7 Å². The van der Waals surface area contributed by atoms with E-state index in [-0.39, 0.29) is 11.6 Å². The first-order chi connectivity index (χ1) is 12.0. The van der Waals surface area contributed by atoms with Crippen molar-refractivity contribution in [1.29, 1.82) is 0 Å². The van der Waals surface area contributed by atoms with Gasteiger partial charge in [-0.3, -0.25) is 14.9 Å². The van der Waals surface area contributed by atoms with E-state index in [4.69, 9.17) is 0 Å². The molecule has 0 radical (unpaired) electrons. The number of nitrogens with zero attached hydrogens (tertiary/aromatic N) is 2. The zero-order valence-electron chi connectivity index (χ0n) is 15.2. The standard InChI is InChI=1S/C20H28N2O3/c1-3-5-16-12-13-18-14(2)6-4-7-19(18)21(16)20(23)15-8-10-17(11-9-15)22(24)25/h8-11,14,16,18-19H,3-7,12-13H2,1-2H3/t14-,16-,18+,19+/m1/s1. The number of hydrogen-bond donors (Lipinski definition) is 0. The molecule has 4 atom stereocenters. The molecule has 1 aliphatic carbocycles. The molecule has 1 aliphatic heterocycles. The summed E-state index contributed by atoms with van der Waals surface area (Å²) in [7, 11) is 0. The fourth-order valence-corrected chi connectivity index (χ4v) is 4.88. The van der Waals surface area contributed by atoms with Gasteiger partial charge >= 0.3 is 0 Å². The summed E-state index contributed by atoms with van der Waals surface area (Å²) < 4.78 is 0. The summed E-state index contributed by atoms with van der Waals surface area (Å²) in [6.07, 6.45) is 7.95. The van der Waals surface area contributed by atoms with Crippen molar-refractivity contribution < 1.29 is 9.72 Å². The van der Waals surface area contributed by atoms with E-state index in [0.29, 0.717) is 29.5 Å². The molecule has 1 saturated heterocycles. The van der Waals surface area contributed by atoms with Gasteiger partial charge < -0.3 is 4.90 Å². The average Bonchev–Trinajstić information content (AvgIpc) is 2.61. The zero-order valence-corrected chi connectivity index (χ0v) is 15.2. The third-order valence-corrected chi connectivity index (χ3v) is 6.15. The van der Waals surface area contributed by atoms with Gasteiger partial charge in [-0.25, -0.2) is 0 Å². The van der Waals surface area contributed by atoms with E-state index in [1.165, 1.54) is 31.4 Å². The summed E-state index contributed by atoms with van der Waals surface area (Å²) >= 11 is 0. The molecule has 2 fully saturated rings. The number of nitro benzene ring substituents is 1. The Bertz CT molecular complexity index is 628. The number of non-ortho nitro benzene ring substituents is 1. The number of carbonyl (C=O) groups excluding carboxylic acids is 1. The Morgan fingerprint density at radius 2 is 1.92 bits per heavy atom. The molecule has 0 N–H and O–H groups in total. The quantitative estimate of drug-likeness (QED) is 0.582. The van der Waals surface area contributed by atoms with Gasteiger partial charge in [0, 0.05) is 29.8 Å². The van der Waals surface area contributed by atoms with Crippen molar-refractivity contribution >= 4 is 11.6 Å². The molecular formula is C20H28N2O3. The predicted molar refractivity (Wildman–Crippen MR) is 97.5 cm³/mol. The highest BCUT2D eigenvalue weighted by atomic mass is 16.6. The van der Waals surface area contributed by atoms with Crippen LogP contribution in [0.3, 0.4) is 0 Å². The largest absolute Gasteiger partial charge is 0.332 e. The van der Waals surface area contributed by atoms with Gasteiger partial charge in [-0.05, 0) is 49.7 Å². The Hall–Kier alpha value is -1.91. The molecule has 1 aromatic rings. The summed E-state index contributed by atoms with van der Waals surface area (Å²) in [4.78, 5) is 25.9. The highest BCUT2D eigenvalue weighted by Gasteiger charge is 2.43. The van der Waals surface area contributed by atoms with Crippen LogP contribution in [0.2, 0.25) is 0 Å². The first-order valence-electron chi connectivity index (χ1n) is 9.60. The fourth-order valence-electron chi connectivity index (χ4n) is 4.88. The molecule has 5 heteroatoms. The number of amides is 1. The maximum atomic E-state index is 13.3. The van der Waals surface area contributed by atoms with Gasteiger partial charge in [0.05, 0.1) is 4.92 Å². The predicted octanol–water partition coefficient (Wildman–Crippen LogP) is 4.80. The summed E-state index contributed by atoms with van der Waals surface area (Å²) in [6, 6.07) is 6.73. The normalized spacial score (nSPS) is 29.1. The Kier molecular flexibility index (Phi) is 5.40. The summed E-state index contributed by atoms with van der Waals surface area (Å²) in [5, 5.41) is 10.9. The Morgan fingerprint density at radius 3 is 2.56 bits per heavy atom. The lowest BCUT2D eigenvalue weighted by atomic mass is 9.70. The maximum absolute atomic E-state index is 13.3. The number of piperidine rings is 1. The van der Waals surface area contributed by atoms with E-state index in [9.17, 15) is 14.9 Å². The smallest absolute Gasteiger partial charge is 0.269 e. The van der Waals surface area contributed by atoms with Crippen molar-refractivity contribution in [3.63, 3.8) is 0 Å². The topological polar surface area (TPSA) is 63.5 Å². The molecular weight excluding hydrogens is 316 g/mol. The Labute approximate surface area is 149 Å². The van der Waals surface area contributed by atoms with Crippen LogP contribution in [0.4, 0.5) is 5.69 Å². The van der Waals surface area contributed by atoms with E-state index >= 15 is 0 Å². The number of rotatable bonds is 4. The monoisotopic (exact) mass is 344 g/mol. The van der Waals surface area contributed by atoms with Gasteiger partial charge in [-0.15, -0.1) is 0 Å². The molecule has 1 heterocycles. The molecule has 1 aromatic carbocycles. The number of hydrogen-bond acceptors (Lipinski definition) is 3. The van der Waals surface area contributed by atoms with Crippen molar-refractivity contribution in [3.05, 3.63) is 39.9 Å². The van der Waals surface area contributed by atoms with E-state index in [2.05, 4.69) is 18.7 Å². The summed E-state index contributed by atoms with van der Waals surface area (Å²) in [5.41, 5.74) is 0.607. The van der Waals surface area contributed by atoms with Crippen molar-refractivity contribution in [2.75, 3.05) is 0 Å². The molecule has 25 heavy (non-hydrogen) atoms. The Morgan fingerprint density at radius 1 is 1.20 bits per heavy atom. The molecule has 1 amide bonds. The number of benzene rings is 1. The van der Waals surface area contributed by atoms with Gasteiger partial charge in [0.15, 0.2) is 0 Å². The molecule has 136 valence electrons. The average molecular weight is 344 g/mol. The lowest BCUT2D eigenvalue weighted by Gasteiger charge is -2.51. The van der Waals surface area contributed by atoms with Crippen LogP contribution in [0.5, 0.6) is 0 Å². The Balaban J connectivity index is 1.88. The second-order valence-electron chi connectivity index (χ2n) is 7.68. The number of fused-ring (bicyclic) bond motifs is 1. The van der Waals surface area contributed by atoms with Gasteiger partial charge in [0.25, 0.3) is 11.6 Å². The third-order valence-electron chi connectivity index (χ3n) is 6.15. The van der Waals surface area contributed by atoms with E-state index < -0.39 is 4.92 Å². The molecule has 0 unspecified atom stereocenters. The van der Waals surface area contributed by atoms with Crippen molar-refractivity contribution in [3.8, 4) is 0 Å². The van der Waals surface area contributed by atoms with Crippen LogP contribution in [0, 0.1) is 22.0 Å². The second kappa shape index (κ2) is 7.54. The first-order valence-corrected chi connectivity index (χ1v) is 9.60.